The van der Waals surface area contributed by atoms with Crippen molar-refractivity contribution in [2.75, 3.05) is 0 Å². The number of carbonyl (C=O) groups excluding carboxylic acids is 3. The molecule has 170 valence electrons. The summed E-state index contributed by atoms with van der Waals surface area (Å²) in [5.74, 6) is -2.68. The molecule has 34 heavy (non-hydrogen) atoms. The predicted octanol–water partition coefficient (Wildman–Crippen LogP) is 4.85. The molecule has 1 aliphatic carbocycles. The molecule has 2 aliphatic rings. The lowest BCUT2D eigenvalue weighted by Crippen LogP contribution is -2.41. The molecule has 0 N–H and O–H groups in total. The molecule has 1 fully saturated rings. The van der Waals surface area contributed by atoms with Gasteiger partial charge in [-0.05, 0) is 37.3 Å². The minimum Gasteiger partial charge on any atom is -0.426 e. The van der Waals surface area contributed by atoms with Crippen molar-refractivity contribution in [3.05, 3.63) is 98.5 Å². The van der Waals surface area contributed by atoms with Gasteiger partial charge in [0.05, 0.1) is 10.3 Å². The van der Waals surface area contributed by atoms with Crippen LogP contribution in [0.15, 0.2) is 77.3 Å². The zero-order valence-corrected chi connectivity index (χ0v) is 19.3. The van der Waals surface area contributed by atoms with Crippen molar-refractivity contribution in [3.8, 4) is 11.5 Å². The topological polar surface area (TPSA) is 113 Å². The maximum Gasteiger partial charge on any atom is 0.330 e. The fourth-order valence-electron chi connectivity index (χ4n) is 4.93. The largest absolute Gasteiger partial charge is 0.426 e. The van der Waals surface area contributed by atoms with Crippen LogP contribution < -0.4 is 9.47 Å². The maximum absolute atomic E-state index is 13.7. The summed E-state index contributed by atoms with van der Waals surface area (Å²) in [6.45, 7) is 1.57. The standard InChI is InChI=1S/C25H16BrNO7/c1-24(21(28)14-6-8-15(26)9-7-14)20-18-4-2-3-5-19(18)34-23(30)25(20,24)22(29)33-17-12-10-16(11-13-17)27(31)32/h2-13,20H,1H3/t20-,24+,25-/m0/s1. The van der Waals surface area contributed by atoms with Gasteiger partial charge in [-0.2, -0.15) is 0 Å². The molecule has 9 heteroatoms. The lowest BCUT2D eigenvalue weighted by atomic mass is 9.87. The number of halogens is 1. The third-order valence-corrected chi connectivity index (χ3v) is 7.19. The average Bonchev–Trinajstić information content (AvgIpc) is 3.43. The third kappa shape index (κ3) is 2.93. The maximum atomic E-state index is 13.7. The van der Waals surface area contributed by atoms with Gasteiger partial charge in [0.15, 0.2) is 11.2 Å². The first-order valence-electron chi connectivity index (χ1n) is 10.3. The van der Waals surface area contributed by atoms with Gasteiger partial charge in [0.25, 0.3) is 5.69 Å². The van der Waals surface area contributed by atoms with Gasteiger partial charge in [-0.1, -0.05) is 46.3 Å². The SMILES string of the molecule is C[C@]1(C(=O)c2ccc(Br)cc2)[C@@H]2c3ccccc3OC(=O)[C@@]21C(=O)Oc1ccc([N+](=O)[O-])cc1. The van der Waals surface area contributed by atoms with E-state index in [1.807, 2.05) is 0 Å². The number of Topliss-reactive ketones (excluding diaryl/α,β-unsaturated/α-hetero) is 1. The van der Waals surface area contributed by atoms with E-state index in [0.717, 1.165) is 4.47 Å². The number of para-hydroxylation sites is 1. The van der Waals surface area contributed by atoms with Crippen molar-refractivity contribution in [2.24, 2.45) is 10.8 Å². The van der Waals surface area contributed by atoms with Crippen molar-refractivity contribution in [3.63, 3.8) is 0 Å². The summed E-state index contributed by atoms with van der Waals surface area (Å²) in [7, 11) is 0. The lowest BCUT2D eigenvalue weighted by Gasteiger charge is -2.22. The molecule has 8 nitrogen and oxygen atoms in total. The highest BCUT2D eigenvalue weighted by Gasteiger charge is 2.89. The van der Waals surface area contributed by atoms with Crippen molar-refractivity contribution >= 4 is 39.3 Å². The molecule has 0 amide bonds. The Labute approximate surface area is 201 Å². The van der Waals surface area contributed by atoms with Gasteiger partial charge in [-0.3, -0.25) is 24.5 Å². The first kappa shape index (κ1) is 22.0. The molecule has 1 aliphatic heterocycles. The van der Waals surface area contributed by atoms with Crippen molar-refractivity contribution in [1.29, 1.82) is 0 Å². The second kappa shape index (κ2) is 7.59. The van der Waals surface area contributed by atoms with E-state index in [-0.39, 0.29) is 17.2 Å². The molecule has 0 aromatic heterocycles. The number of nitro benzene ring substituents is 1. The highest BCUT2D eigenvalue weighted by Crippen LogP contribution is 2.78. The molecule has 0 radical (unpaired) electrons. The minimum atomic E-state index is -1.90. The van der Waals surface area contributed by atoms with Crippen LogP contribution in [0.3, 0.4) is 0 Å². The van der Waals surface area contributed by atoms with Gasteiger partial charge < -0.3 is 9.47 Å². The van der Waals surface area contributed by atoms with Crippen LogP contribution in [0.25, 0.3) is 0 Å². The fourth-order valence-corrected chi connectivity index (χ4v) is 5.20. The fraction of sp³-hybridized carbons (Fsp3) is 0.160. The van der Waals surface area contributed by atoms with Crippen molar-refractivity contribution in [1.82, 2.24) is 0 Å². The number of ketones is 1. The van der Waals surface area contributed by atoms with Gasteiger partial charge in [-0.15, -0.1) is 0 Å². The predicted molar refractivity (Wildman–Crippen MR) is 123 cm³/mol. The van der Waals surface area contributed by atoms with Crippen molar-refractivity contribution < 1.29 is 28.8 Å². The Morgan fingerprint density at radius 3 is 2.32 bits per heavy atom. The van der Waals surface area contributed by atoms with Gasteiger partial charge in [0, 0.05) is 33.7 Å². The van der Waals surface area contributed by atoms with E-state index >= 15 is 0 Å². The Balaban J connectivity index is 1.59. The molecule has 0 unspecified atom stereocenters. The normalized spacial score (nSPS) is 24.3. The van der Waals surface area contributed by atoms with Crippen LogP contribution in [-0.2, 0) is 9.59 Å². The summed E-state index contributed by atoms with van der Waals surface area (Å²) in [4.78, 5) is 51.0. The number of carbonyl (C=O) groups is 3. The molecule has 0 bridgehead atoms. The summed E-state index contributed by atoms with van der Waals surface area (Å²) in [6.07, 6.45) is 0. The second-order valence-electron chi connectivity index (χ2n) is 8.35. The lowest BCUT2D eigenvalue weighted by molar-refractivity contribution is -0.384. The number of benzene rings is 3. The molecule has 3 atom stereocenters. The minimum absolute atomic E-state index is 0.0146. The zero-order chi connectivity index (χ0) is 24.3. The number of fused-ring (bicyclic) bond motifs is 3. The van der Waals surface area contributed by atoms with Crippen LogP contribution in [-0.4, -0.2) is 22.6 Å². The summed E-state index contributed by atoms with van der Waals surface area (Å²) in [5, 5.41) is 10.9. The van der Waals surface area contributed by atoms with Gasteiger partial charge in [0.2, 0.25) is 0 Å². The summed E-state index contributed by atoms with van der Waals surface area (Å²) >= 11 is 3.34. The van der Waals surface area contributed by atoms with Gasteiger partial charge >= 0.3 is 11.9 Å². The quantitative estimate of drug-likeness (QED) is 0.118. The molecule has 1 saturated carbocycles. The monoisotopic (exact) mass is 521 g/mol. The molecular formula is C25H16BrNO7. The highest BCUT2D eigenvalue weighted by atomic mass is 79.9. The Morgan fingerprint density at radius 2 is 1.68 bits per heavy atom. The Hall–Kier alpha value is -3.85. The second-order valence-corrected chi connectivity index (χ2v) is 9.26. The Bertz CT molecular complexity index is 1370. The van der Waals surface area contributed by atoms with Crippen LogP contribution in [0.2, 0.25) is 0 Å². The summed E-state index contributed by atoms with van der Waals surface area (Å²) < 4.78 is 11.8. The van der Waals surface area contributed by atoms with E-state index in [1.54, 1.807) is 55.5 Å². The van der Waals surface area contributed by atoms with Crippen molar-refractivity contribution in [2.45, 2.75) is 12.8 Å². The number of hydrogen-bond acceptors (Lipinski definition) is 7. The zero-order valence-electron chi connectivity index (χ0n) is 17.7. The number of esters is 2. The van der Waals surface area contributed by atoms with E-state index in [1.165, 1.54) is 24.3 Å². The number of nitrogens with zero attached hydrogens (tertiary/aromatic N) is 1. The summed E-state index contributed by atoms with van der Waals surface area (Å²) in [6, 6.07) is 18.3. The van der Waals surface area contributed by atoms with E-state index in [0.29, 0.717) is 16.9 Å². The smallest absolute Gasteiger partial charge is 0.330 e. The molecule has 0 spiro atoms. The molecule has 0 saturated heterocycles. The number of ether oxygens (including phenoxy) is 2. The molecule has 1 heterocycles. The molecule has 5 rings (SSSR count). The van der Waals surface area contributed by atoms with E-state index < -0.39 is 33.6 Å². The number of hydrogen-bond donors (Lipinski definition) is 0. The van der Waals surface area contributed by atoms with Crippen LogP contribution in [0.1, 0.15) is 28.8 Å². The number of nitro groups is 1. The summed E-state index contributed by atoms with van der Waals surface area (Å²) in [5.41, 5.74) is -2.62. The van der Waals surface area contributed by atoms with Crippen LogP contribution >= 0.6 is 15.9 Å². The Morgan fingerprint density at radius 1 is 1.03 bits per heavy atom. The van der Waals surface area contributed by atoms with E-state index in [2.05, 4.69) is 15.9 Å². The Kier molecular flexibility index (Phi) is 4.91. The molecule has 3 aromatic rings. The first-order chi connectivity index (χ1) is 16.2. The van der Waals surface area contributed by atoms with Crippen LogP contribution in [0, 0.1) is 20.9 Å². The third-order valence-electron chi connectivity index (χ3n) is 6.66. The number of rotatable bonds is 5. The number of non-ortho nitro benzene ring substituents is 1. The van der Waals surface area contributed by atoms with E-state index in [4.69, 9.17) is 9.47 Å². The van der Waals surface area contributed by atoms with Gasteiger partial charge in [0.1, 0.15) is 11.5 Å². The van der Waals surface area contributed by atoms with E-state index in [9.17, 15) is 24.5 Å². The van der Waals surface area contributed by atoms with Gasteiger partial charge in [-0.25, -0.2) is 0 Å². The van der Waals surface area contributed by atoms with Crippen LogP contribution in [0.5, 0.6) is 11.5 Å². The average molecular weight is 522 g/mol. The first-order valence-corrected chi connectivity index (χ1v) is 11.1. The molecular weight excluding hydrogens is 506 g/mol. The molecule has 3 aromatic carbocycles. The van der Waals surface area contributed by atoms with Crippen LogP contribution in [0.4, 0.5) is 5.69 Å². The highest BCUT2D eigenvalue weighted by molar-refractivity contribution is 9.10.